The fourth-order valence-electron chi connectivity index (χ4n) is 1.74. The number of amides is 2. The Kier molecular flexibility index (Phi) is 9.69. The summed E-state index contributed by atoms with van der Waals surface area (Å²) in [5.41, 5.74) is -1.07. The third kappa shape index (κ3) is 14.1. The zero-order valence-electron chi connectivity index (χ0n) is 15.8. The van der Waals surface area contributed by atoms with Crippen LogP contribution >= 0.6 is 0 Å². The first kappa shape index (κ1) is 22.5. The maximum absolute atomic E-state index is 11.6. The van der Waals surface area contributed by atoms with Crippen molar-refractivity contribution < 1.29 is 24.2 Å². The van der Waals surface area contributed by atoms with Crippen LogP contribution in [0.2, 0.25) is 0 Å². The molecule has 0 aliphatic carbocycles. The minimum absolute atomic E-state index is 0.00112. The Bertz CT molecular complexity index is 354. The Balaban J connectivity index is 4.05. The molecule has 0 aromatic carbocycles. The average Bonchev–Trinajstić information content (AvgIpc) is 2.34. The van der Waals surface area contributed by atoms with Gasteiger partial charge in [0, 0.05) is 32.7 Å². The minimum Gasteiger partial charge on any atom is -0.444 e. The number of nitrogens with one attached hydrogen (secondary N) is 2. The summed E-state index contributed by atoms with van der Waals surface area (Å²) < 4.78 is 10.3. The Hall–Kier alpha value is -1.54. The van der Waals surface area contributed by atoms with Gasteiger partial charge in [-0.3, -0.25) is 4.90 Å². The standard InChI is InChI=1S/C16H33N3O5/c1-15(2,3)23-13(21)17-7-9-19(11-12-20)10-8-18-14(22)24-16(4,5)6/h20H,7-12H2,1-6H3,(H,17,21)(H,18,22). The van der Waals surface area contributed by atoms with E-state index >= 15 is 0 Å². The predicted molar refractivity (Wildman–Crippen MR) is 92.0 cm³/mol. The summed E-state index contributed by atoms with van der Waals surface area (Å²) in [6.45, 7) is 13.1. The van der Waals surface area contributed by atoms with Crippen LogP contribution in [0, 0.1) is 0 Å². The van der Waals surface area contributed by atoms with Gasteiger partial charge in [-0.25, -0.2) is 9.59 Å². The third-order valence-corrected chi connectivity index (χ3v) is 2.61. The highest BCUT2D eigenvalue weighted by Crippen LogP contribution is 2.06. The first-order valence-corrected chi connectivity index (χ1v) is 8.20. The van der Waals surface area contributed by atoms with E-state index in [1.807, 2.05) is 4.90 Å². The fourth-order valence-corrected chi connectivity index (χ4v) is 1.74. The minimum atomic E-state index is -0.536. The molecule has 0 rings (SSSR count). The molecule has 0 fully saturated rings. The quantitative estimate of drug-likeness (QED) is 0.612. The van der Waals surface area contributed by atoms with Crippen LogP contribution in [0.15, 0.2) is 0 Å². The van der Waals surface area contributed by atoms with E-state index in [1.165, 1.54) is 0 Å². The van der Waals surface area contributed by atoms with Crippen molar-refractivity contribution >= 4 is 12.2 Å². The smallest absolute Gasteiger partial charge is 0.407 e. The zero-order valence-corrected chi connectivity index (χ0v) is 15.8. The number of aliphatic hydroxyl groups is 1. The van der Waals surface area contributed by atoms with Crippen molar-refractivity contribution in [3.05, 3.63) is 0 Å². The molecule has 0 spiro atoms. The van der Waals surface area contributed by atoms with Gasteiger partial charge in [-0.1, -0.05) is 0 Å². The van der Waals surface area contributed by atoms with Gasteiger partial charge < -0.3 is 25.2 Å². The maximum Gasteiger partial charge on any atom is 0.407 e. The van der Waals surface area contributed by atoms with Gasteiger partial charge in [0.2, 0.25) is 0 Å². The highest BCUT2D eigenvalue weighted by molar-refractivity contribution is 5.68. The van der Waals surface area contributed by atoms with Crippen LogP contribution in [0.5, 0.6) is 0 Å². The molecule has 0 aromatic rings. The molecular weight excluding hydrogens is 314 g/mol. The zero-order chi connectivity index (χ0) is 18.8. The number of aliphatic hydroxyl groups excluding tert-OH is 1. The number of hydrogen-bond donors (Lipinski definition) is 3. The van der Waals surface area contributed by atoms with E-state index in [-0.39, 0.29) is 6.61 Å². The molecule has 0 heterocycles. The second-order valence-electron chi connectivity index (χ2n) is 7.42. The van der Waals surface area contributed by atoms with Gasteiger partial charge in [-0.15, -0.1) is 0 Å². The molecule has 0 unspecified atom stereocenters. The summed E-state index contributed by atoms with van der Waals surface area (Å²) >= 11 is 0. The monoisotopic (exact) mass is 347 g/mol. The molecule has 8 nitrogen and oxygen atoms in total. The van der Waals surface area contributed by atoms with Crippen LogP contribution in [0.4, 0.5) is 9.59 Å². The largest absolute Gasteiger partial charge is 0.444 e. The van der Waals surface area contributed by atoms with E-state index in [4.69, 9.17) is 14.6 Å². The van der Waals surface area contributed by atoms with Crippen molar-refractivity contribution in [2.45, 2.75) is 52.7 Å². The summed E-state index contributed by atoms with van der Waals surface area (Å²) in [5.74, 6) is 0. The number of hydrogen-bond acceptors (Lipinski definition) is 6. The van der Waals surface area contributed by atoms with Crippen LogP contribution in [0.25, 0.3) is 0 Å². The highest BCUT2D eigenvalue weighted by Gasteiger charge is 2.17. The molecule has 142 valence electrons. The van der Waals surface area contributed by atoms with Crippen LogP contribution in [-0.4, -0.2) is 72.7 Å². The summed E-state index contributed by atoms with van der Waals surface area (Å²) in [5, 5.41) is 14.4. The Morgan fingerprint density at radius 1 is 0.833 bits per heavy atom. The van der Waals surface area contributed by atoms with Crippen molar-refractivity contribution in [3.63, 3.8) is 0 Å². The van der Waals surface area contributed by atoms with Gasteiger partial charge in [-0.2, -0.15) is 0 Å². The molecule has 3 N–H and O–H groups in total. The Morgan fingerprint density at radius 3 is 1.50 bits per heavy atom. The van der Waals surface area contributed by atoms with Gasteiger partial charge in [0.05, 0.1) is 6.61 Å². The summed E-state index contributed by atoms with van der Waals surface area (Å²) in [4.78, 5) is 25.0. The molecule has 0 aromatic heterocycles. The van der Waals surface area contributed by atoms with Gasteiger partial charge in [0.15, 0.2) is 0 Å². The van der Waals surface area contributed by atoms with Crippen LogP contribution in [0.1, 0.15) is 41.5 Å². The molecule has 2 amide bonds. The van der Waals surface area contributed by atoms with Crippen molar-refractivity contribution in [2.24, 2.45) is 0 Å². The number of ether oxygens (including phenoxy) is 2. The lowest BCUT2D eigenvalue weighted by molar-refractivity contribution is 0.0520. The third-order valence-electron chi connectivity index (χ3n) is 2.61. The first-order valence-electron chi connectivity index (χ1n) is 8.20. The maximum atomic E-state index is 11.6. The molecule has 0 radical (unpaired) electrons. The van der Waals surface area contributed by atoms with E-state index in [9.17, 15) is 9.59 Å². The van der Waals surface area contributed by atoms with Crippen LogP contribution < -0.4 is 10.6 Å². The normalized spacial score (nSPS) is 12.0. The number of carbonyl (C=O) groups excluding carboxylic acids is 2. The summed E-state index contributed by atoms with van der Waals surface area (Å²) in [6, 6.07) is 0. The van der Waals surface area contributed by atoms with E-state index in [0.717, 1.165) is 0 Å². The van der Waals surface area contributed by atoms with Crippen molar-refractivity contribution in [3.8, 4) is 0 Å². The second-order valence-corrected chi connectivity index (χ2v) is 7.42. The molecule has 24 heavy (non-hydrogen) atoms. The number of alkyl carbamates (subject to hydrolysis) is 2. The van der Waals surface area contributed by atoms with E-state index in [2.05, 4.69) is 10.6 Å². The lowest BCUT2D eigenvalue weighted by atomic mass is 10.2. The van der Waals surface area contributed by atoms with Gasteiger partial charge in [0.1, 0.15) is 11.2 Å². The number of rotatable bonds is 8. The lowest BCUT2D eigenvalue weighted by Crippen LogP contribution is -2.42. The number of nitrogens with zero attached hydrogens (tertiary/aromatic N) is 1. The van der Waals surface area contributed by atoms with Crippen LogP contribution in [-0.2, 0) is 9.47 Å². The number of carbonyl (C=O) groups is 2. The average molecular weight is 347 g/mol. The van der Waals surface area contributed by atoms with Gasteiger partial charge >= 0.3 is 12.2 Å². The molecule has 0 saturated heterocycles. The Labute approximate surface area is 144 Å². The molecule has 0 aliphatic rings. The second kappa shape index (κ2) is 10.4. The first-order chi connectivity index (χ1) is 10.9. The molecule has 0 aliphatic heterocycles. The Morgan fingerprint density at radius 2 is 1.21 bits per heavy atom. The highest BCUT2D eigenvalue weighted by atomic mass is 16.6. The van der Waals surface area contributed by atoms with E-state index in [0.29, 0.717) is 32.7 Å². The lowest BCUT2D eigenvalue weighted by Gasteiger charge is -2.24. The SMILES string of the molecule is CC(C)(C)OC(=O)NCCN(CCO)CCNC(=O)OC(C)(C)C. The van der Waals surface area contributed by atoms with Crippen LogP contribution in [0.3, 0.4) is 0 Å². The molecule has 8 heteroatoms. The van der Waals surface area contributed by atoms with E-state index < -0.39 is 23.4 Å². The molecule has 0 saturated carbocycles. The summed E-state index contributed by atoms with van der Waals surface area (Å²) in [6.07, 6.45) is -0.948. The topological polar surface area (TPSA) is 100 Å². The molecule has 0 atom stereocenters. The van der Waals surface area contributed by atoms with Crippen molar-refractivity contribution in [2.75, 3.05) is 39.3 Å². The predicted octanol–water partition coefficient (Wildman–Crippen LogP) is 1.33. The molecule has 0 bridgehead atoms. The van der Waals surface area contributed by atoms with Crippen molar-refractivity contribution in [1.29, 1.82) is 0 Å². The van der Waals surface area contributed by atoms with Gasteiger partial charge in [0.25, 0.3) is 0 Å². The van der Waals surface area contributed by atoms with E-state index in [1.54, 1.807) is 41.5 Å². The summed E-state index contributed by atoms with van der Waals surface area (Å²) in [7, 11) is 0. The fraction of sp³-hybridized carbons (Fsp3) is 0.875. The molecular formula is C16H33N3O5. The van der Waals surface area contributed by atoms with Crippen molar-refractivity contribution in [1.82, 2.24) is 15.5 Å². The van der Waals surface area contributed by atoms with Gasteiger partial charge in [-0.05, 0) is 41.5 Å².